The van der Waals surface area contributed by atoms with Gasteiger partial charge in [0.25, 0.3) is 5.91 Å². The highest BCUT2D eigenvalue weighted by Crippen LogP contribution is 2.27. The van der Waals surface area contributed by atoms with Crippen LogP contribution in [0.3, 0.4) is 0 Å². The topological polar surface area (TPSA) is 62.2 Å². The lowest BCUT2D eigenvalue weighted by molar-refractivity contribution is -0.133. The molecule has 1 aliphatic heterocycles. The fraction of sp³-hybridized carbons (Fsp3) is 0.350. The molecular formula is C20H24N2O4. The first kappa shape index (κ1) is 17.9. The summed E-state index contributed by atoms with van der Waals surface area (Å²) < 4.78 is 11.0. The van der Waals surface area contributed by atoms with Gasteiger partial charge >= 0.3 is 0 Å². The van der Waals surface area contributed by atoms with E-state index in [-0.39, 0.29) is 18.3 Å². The van der Waals surface area contributed by atoms with Crippen LogP contribution >= 0.6 is 0 Å². The Balaban J connectivity index is 1.47. The predicted molar refractivity (Wildman–Crippen MR) is 100 cm³/mol. The number of piperazine rings is 1. The van der Waals surface area contributed by atoms with E-state index in [0.29, 0.717) is 38.5 Å². The summed E-state index contributed by atoms with van der Waals surface area (Å²) in [5.41, 5.74) is 0.810. The summed E-state index contributed by atoms with van der Waals surface area (Å²) in [5.74, 6) is 1.67. The number of nitrogens with zero attached hydrogens (tertiary/aromatic N) is 2. The van der Waals surface area contributed by atoms with Crippen molar-refractivity contribution in [2.24, 2.45) is 0 Å². The van der Waals surface area contributed by atoms with Crippen molar-refractivity contribution in [1.82, 2.24) is 4.90 Å². The van der Waals surface area contributed by atoms with Gasteiger partial charge in [0.15, 0.2) is 6.61 Å². The summed E-state index contributed by atoms with van der Waals surface area (Å²) in [7, 11) is 0. The number of aromatic hydroxyl groups is 1. The molecule has 3 rings (SSSR count). The molecule has 0 bridgehead atoms. The van der Waals surface area contributed by atoms with Crippen molar-refractivity contribution in [3.05, 3.63) is 48.5 Å². The molecule has 1 heterocycles. The molecule has 138 valence electrons. The number of hydrogen-bond acceptors (Lipinski definition) is 5. The smallest absolute Gasteiger partial charge is 0.260 e. The second kappa shape index (κ2) is 8.47. The van der Waals surface area contributed by atoms with Crippen LogP contribution in [0.1, 0.15) is 6.92 Å². The van der Waals surface area contributed by atoms with Crippen molar-refractivity contribution in [2.75, 3.05) is 44.3 Å². The Kier molecular flexibility index (Phi) is 5.84. The van der Waals surface area contributed by atoms with Gasteiger partial charge in [-0.2, -0.15) is 0 Å². The minimum absolute atomic E-state index is 0.0184. The van der Waals surface area contributed by atoms with Crippen LogP contribution < -0.4 is 14.4 Å². The van der Waals surface area contributed by atoms with Gasteiger partial charge in [0, 0.05) is 26.2 Å². The van der Waals surface area contributed by atoms with E-state index in [0.717, 1.165) is 11.4 Å². The lowest BCUT2D eigenvalue weighted by Crippen LogP contribution is -2.50. The molecule has 1 aliphatic rings. The Morgan fingerprint density at radius 2 is 1.58 bits per heavy atom. The van der Waals surface area contributed by atoms with Crippen molar-refractivity contribution in [3.8, 4) is 17.2 Å². The van der Waals surface area contributed by atoms with Gasteiger partial charge in [0.1, 0.15) is 17.2 Å². The second-order valence-corrected chi connectivity index (χ2v) is 6.05. The van der Waals surface area contributed by atoms with Crippen LogP contribution in [0, 0.1) is 0 Å². The average molecular weight is 356 g/mol. The molecule has 0 aromatic heterocycles. The summed E-state index contributed by atoms with van der Waals surface area (Å²) >= 11 is 0. The number of carbonyl (C=O) groups is 1. The summed E-state index contributed by atoms with van der Waals surface area (Å²) in [5, 5.41) is 9.95. The molecule has 2 aromatic rings. The van der Waals surface area contributed by atoms with Crippen molar-refractivity contribution in [1.29, 1.82) is 0 Å². The average Bonchev–Trinajstić information content (AvgIpc) is 2.68. The lowest BCUT2D eigenvalue weighted by atomic mass is 10.2. The number of para-hydroxylation sites is 2. The molecule has 0 spiro atoms. The zero-order valence-electron chi connectivity index (χ0n) is 14.9. The maximum Gasteiger partial charge on any atom is 0.260 e. The van der Waals surface area contributed by atoms with Crippen molar-refractivity contribution in [3.63, 3.8) is 0 Å². The molecule has 6 heteroatoms. The van der Waals surface area contributed by atoms with Crippen LogP contribution in [0.2, 0.25) is 0 Å². The maximum absolute atomic E-state index is 12.4. The normalized spacial score (nSPS) is 14.2. The largest absolute Gasteiger partial charge is 0.506 e. The zero-order chi connectivity index (χ0) is 18.4. The first-order chi connectivity index (χ1) is 12.7. The molecule has 0 atom stereocenters. The Morgan fingerprint density at radius 3 is 2.19 bits per heavy atom. The van der Waals surface area contributed by atoms with Crippen LogP contribution in [0.25, 0.3) is 0 Å². The van der Waals surface area contributed by atoms with E-state index in [1.807, 2.05) is 31.2 Å². The highest BCUT2D eigenvalue weighted by molar-refractivity contribution is 5.78. The van der Waals surface area contributed by atoms with Crippen LogP contribution in [0.4, 0.5) is 5.69 Å². The molecule has 1 N–H and O–H groups in total. The van der Waals surface area contributed by atoms with Crippen molar-refractivity contribution >= 4 is 11.6 Å². The van der Waals surface area contributed by atoms with Gasteiger partial charge in [0.05, 0.1) is 12.3 Å². The number of anilines is 1. The molecule has 6 nitrogen and oxygen atoms in total. The third kappa shape index (κ3) is 4.39. The van der Waals surface area contributed by atoms with Gasteiger partial charge in [-0.05, 0) is 43.3 Å². The van der Waals surface area contributed by atoms with Gasteiger partial charge < -0.3 is 24.4 Å². The zero-order valence-corrected chi connectivity index (χ0v) is 14.9. The molecule has 1 saturated heterocycles. The quantitative estimate of drug-likeness (QED) is 0.862. The number of hydrogen-bond donors (Lipinski definition) is 1. The van der Waals surface area contributed by atoms with E-state index in [2.05, 4.69) is 4.90 Å². The lowest BCUT2D eigenvalue weighted by Gasteiger charge is -2.36. The van der Waals surface area contributed by atoms with E-state index in [4.69, 9.17) is 9.47 Å². The van der Waals surface area contributed by atoms with Gasteiger partial charge in [-0.15, -0.1) is 0 Å². The SMILES string of the molecule is CCOc1ccc(OCC(=O)N2CCN(c3ccccc3O)CC2)cc1. The molecule has 26 heavy (non-hydrogen) atoms. The Hall–Kier alpha value is -2.89. The Morgan fingerprint density at radius 1 is 0.962 bits per heavy atom. The minimum Gasteiger partial charge on any atom is -0.506 e. The van der Waals surface area contributed by atoms with E-state index in [1.54, 1.807) is 29.2 Å². The van der Waals surface area contributed by atoms with Gasteiger partial charge in [-0.3, -0.25) is 4.79 Å². The molecule has 0 saturated carbocycles. The maximum atomic E-state index is 12.4. The molecular weight excluding hydrogens is 332 g/mol. The van der Waals surface area contributed by atoms with Crippen molar-refractivity contribution in [2.45, 2.75) is 6.92 Å². The minimum atomic E-state index is -0.0316. The van der Waals surface area contributed by atoms with E-state index < -0.39 is 0 Å². The fourth-order valence-corrected chi connectivity index (χ4v) is 2.96. The number of phenols is 1. The first-order valence-electron chi connectivity index (χ1n) is 8.83. The highest BCUT2D eigenvalue weighted by Gasteiger charge is 2.22. The van der Waals surface area contributed by atoms with Crippen molar-refractivity contribution < 1.29 is 19.4 Å². The molecule has 0 aliphatic carbocycles. The third-order valence-corrected chi connectivity index (χ3v) is 4.35. The van der Waals surface area contributed by atoms with Crippen LogP contribution in [0.5, 0.6) is 17.2 Å². The number of rotatable bonds is 6. The number of benzene rings is 2. The van der Waals surface area contributed by atoms with Gasteiger partial charge in [-0.25, -0.2) is 0 Å². The van der Waals surface area contributed by atoms with E-state index in [9.17, 15) is 9.90 Å². The molecule has 0 radical (unpaired) electrons. The Labute approximate surface area is 153 Å². The van der Waals surface area contributed by atoms with Gasteiger partial charge in [0.2, 0.25) is 0 Å². The molecule has 1 fully saturated rings. The number of phenolic OH excluding ortho intramolecular Hbond substituents is 1. The summed E-state index contributed by atoms with van der Waals surface area (Å²) in [6.07, 6.45) is 0. The van der Waals surface area contributed by atoms with Crippen LogP contribution in [-0.4, -0.2) is 55.3 Å². The fourth-order valence-electron chi connectivity index (χ4n) is 2.96. The number of ether oxygens (including phenoxy) is 2. The molecule has 1 amide bonds. The second-order valence-electron chi connectivity index (χ2n) is 6.05. The summed E-state index contributed by atoms with van der Waals surface area (Å²) in [4.78, 5) is 16.2. The van der Waals surface area contributed by atoms with Crippen LogP contribution in [0.15, 0.2) is 48.5 Å². The first-order valence-corrected chi connectivity index (χ1v) is 8.83. The highest BCUT2D eigenvalue weighted by atomic mass is 16.5. The monoisotopic (exact) mass is 356 g/mol. The Bertz CT molecular complexity index is 725. The van der Waals surface area contributed by atoms with E-state index in [1.165, 1.54) is 0 Å². The predicted octanol–water partition coefficient (Wildman–Crippen LogP) is 2.52. The molecule has 2 aromatic carbocycles. The van der Waals surface area contributed by atoms with Crippen LogP contribution in [-0.2, 0) is 4.79 Å². The summed E-state index contributed by atoms with van der Waals surface area (Å²) in [6.45, 7) is 5.16. The number of carbonyl (C=O) groups excluding carboxylic acids is 1. The third-order valence-electron chi connectivity index (χ3n) is 4.35. The standard InChI is InChI=1S/C20H24N2O4/c1-2-25-16-7-9-17(10-8-16)26-15-20(24)22-13-11-21(12-14-22)18-5-3-4-6-19(18)23/h3-10,23H,2,11-15H2,1H3. The summed E-state index contributed by atoms with van der Waals surface area (Å²) in [6, 6.07) is 14.5. The number of amides is 1. The van der Waals surface area contributed by atoms with E-state index >= 15 is 0 Å². The van der Waals surface area contributed by atoms with Gasteiger partial charge in [-0.1, -0.05) is 12.1 Å². The molecule has 0 unspecified atom stereocenters.